The van der Waals surface area contributed by atoms with Crippen molar-refractivity contribution in [3.8, 4) is 17.2 Å². The number of phenols is 2. The molecule has 18 heteroatoms. The largest absolute Gasteiger partial charge is 0.507 e. The number of rotatable bonds is 11. The van der Waals surface area contributed by atoms with Gasteiger partial charge in [0.25, 0.3) is 0 Å². The van der Waals surface area contributed by atoms with Crippen LogP contribution < -0.4 is 26.7 Å². The number of phenolic OH excluding ortho intramolecular Hbond substituents is 2. The van der Waals surface area contributed by atoms with E-state index in [1.165, 1.54) is 32.2 Å². The molecule has 2 aromatic carbocycles. The third kappa shape index (κ3) is 7.87. The van der Waals surface area contributed by atoms with E-state index in [0.29, 0.717) is 6.42 Å². The van der Waals surface area contributed by atoms with Gasteiger partial charge in [-0.25, -0.2) is 5.43 Å². The number of aliphatic hydroxyl groups excluding tert-OH is 2. The lowest BCUT2D eigenvalue weighted by Gasteiger charge is -2.43. The van der Waals surface area contributed by atoms with Crippen LogP contribution in [0.1, 0.15) is 101 Å². The summed E-state index contributed by atoms with van der Waals surface area (Å²) < 4.78 is 17.4. The molecule has 2 aliphatic carbocycles. The number of ether oxygens (including phenoxy) is 3. The van der Waals surface area contributed by atoms with Crippen molar-refractivity contribution in [2.75, 3.05) is 13.7 Å². The van der Waals surface area contributed by atoms with Gasteiger partial charge in [0.15, 0.2) is 12.1 Å². The second-order valence-corrected chi connectivity index (χ2v) is 13.3. The third-order valence-electron chi connectivity index (χ3n) is 9.58. The molecule has 3 amide bonds. The molecule has 5 rings (SSSR count). The smallest absolute Gasteiger partial charge is 0.240 e. The molecule has 0 radical (unpaired) electrons. The van der Waals surface area contributed by atoms with Gasteiger partial charge in [0.05, 0.1) is 54.4 Å². The molecule has 4 unspecified atom stereocenters. The molecule has 0 bridgehead atoms. The third-order valence-corrected chi connectivity index (χ3v) is 9.58. The lowest BCUT2D eigenvalue weighted by molar-refractivity contribution is -0.245. The van der Waals surface area contributed by atoms with Crippen LogP contribution in [0.2, 0.25) is 0 Å². The van der Waals surface area contributed by atoms with E-state index in [1.54, 1.807) is 6.92 Å². The van der Waals surface area contributed by atoms with E-state index in [2.05, 4.69) is 21.4 Å². The molecule has 1 fully saturated rings. The molecular weight excluding hydrogens is 698 g/mol. The Morgan fingerprint density at radius 2 is 1.72 bits per heavy atom. The van der Waals surface area contributed by atoms with Crippen LogP contribution in [0.25, 0.3) is 0 Å². The number of hydrazine groups is 1. The highest BCUT2D eigenvalue weighted by atomic mass is 16.7. The summed E-state index contributed by atoms with van der Waals surface area (Å²) in [7, 11) is 1.31. The lowest BCUT2D eigenvalue weighted by atomic mass is 9.71. The van der Waals surface area contributed by atoms with Gasteiger partial charge in [-0.3, -0.25) is 34.8 Å². The van der Waals surface area contributed by atoms with Gasteiger partial charge in [-0.15, -0.1) is 0 Å². The summed E-state index contributed by atoms with van der Waals surface area (Å²) in [6.45, 7) is 1.91. The summed E-state index contributed by atoms with van der Waals surface area (Å²) in [6, 6.07) is 3.55. The molecule has 0 saturated carbocycles. The molecule has 0 spiro atoms. The molecule has 53 heavy (non-hydrogen) atoms. The van der Waals surface area contributed by atoms with Crippen LogP contribution in [0, 0.1) is 0 Å². The topological polar surface area (TPSA) is 289 Å². The Morgan fingerprint density at radius 1 is 1.04 bits per heavy atom. The van der Waals surface area contributed by atoms with Gasteiger partial charge in [0.2, 0.25) is 23.5 Å². The number of fused-ring (bicyclic) bond motifs is 3. The Bertz CT molecular complexity index is 1840. The molecular formula is C35H43N5O13. The monoisotopic (exact) mass is 741 g/mol. The molecule has 18 nitrogen and oxygen atoms in total. The van der Waals surface area contributed by atoms with Crippen molar-refractivity contribution < 1.29 is 63.7 Å². The number of aromatic hydroxyl groups is 2. The predicted octanol–water partition coefficient (Wildman–Crippen LogP) is -0.368. The molecule has 1 heterocycles. The molecule has 1 saturated heterocycles. The first kappa shape index (κ1) is 39.2. The van der Waals surface area contributed by atoms with Crippen LogP contribution in [0.4, 0.5) is 0 Å². The van der Waals surface area contributed by atoms with Crippen molar-refractivity contribution in [2.24, 2.45) is 10.8 Å². The maximum atomic E-state index is 13.9. The second kappa shape index (κ2) is 15.9. The average molecular weight is 742 g/mol. The number of nitrogens with zero attached hydrogens (tertiary/aromatic N) is 1. The molecule has 3 aliphatic rings. The number of ketones is 2. The van der Waals surface area contributed by atoms with Crippen LogP contribution in [0.5, 0.6) is 17.2 Å². The molecule has 1 aliphatic heterocycles. The fourth-order valence-corrected chi connectivity index (χ4v) is 6.87. The normalized spacial score (nSPS) is 25.1. The molecule has 2 aromatic rings. The minimum atomic E-state index is -2.18. The number of amides is 3. The SMILES string of the molecule is COc1cccc2c1C(=O)c1c(O)c3c(c(O)c1C2=O)C[C@@](O)(/C(CO)=N/NC(=O)CCCCC(=O)NNC(C)=O)C[C@@H]3OC1CC(N)C(O)C(C)O1. The first-order chi connectivity index (χ1) is 25.1. The van der Waals surface area contributed by atoms with Gasteiger partial charge in [-0.2, -0.15) is 5.10 Å². The quantitative estimate of drug-likeness (QED) is 0.0525. The number of hydrazone groups is 1. The Balaban J connectivity index is 1.48. The van der Waals surface area contributed by atoms with Crippen molar-refractivity contribution in [1.29, 1.82) is 0 Å². The predicted molar refractivity (Wildman–Crippen MR) is 183 cm³/mol. The van der Waals surface area contributed by atoms with Crippen LogP contribution in [0.15, 0.2) is 23.3 Å². The summed E-state index contributed by atoms with van der Waals surface area (Å²) in [4.78, 5) is 63.1. The second-order valence-electron chi connectivity index (χ2n) is 13.3. The minimum absolute atomic E-state index is 0.0264. The average Bonchev–Trinajstić information content (AvgIpc) is 3.11. The first-order valence-corrected chi connectivity index (χ1v) is 17.0. The highest BCUT2D eigenvalue weighted by Crippen LogP contribution is 2.52. The van der Waals surface area contributed by atoms with Crippen molar-refractivity contribution >= 4 is 35.0 Å². The van der Waals surface area contributed by atoms with Crippen LogP contribution >= 0.6 is 0 Å². The van der Waals surface area contributed by atoms with E-state index >= 15 is 0 Å². The van der Waals surface area contributed by atoms with Gasteiger partial charge in [0.1, 0.15) is 22.8 Å². The summed E-state index contributed by atoms with van der Waals surface area (Å²) in [5, 5.41) is 60.3. The number of carbonyl (C=O) groups is 5. The summed E-state index contributed by atoms with van der Waals surface area (Å²) in [5.74, 6) is -4.45. The van der Waals surface area contributed by atoms with Gasteiger partial charge >= 0.3 is 0 Å². The fourth-order valence-electron chi connectivity index (χ4n) is 6.87. The summed E-state index contributed by atoms with van der Waals surface area (Å²) in [6.07, 6.45) is -4.86. The van der Waals surface area contributed by atoms with Gasteiger partial charge in [-0.05, 0) is 25.8 Å². The fraction of sp³-hybridized carbons (Fsp3) is 0.486. The highest BCUT2D eigenvalue weighted by molar-refractivity contribution is 6.31. The summed E-state index contributed by atoms with van der Waals surface area (Å²) in [5.41, 5.74) is 8.69. The summed E-state index contributed by atoms with van der Waals surface area (Å²) >= 11 is 0. The number of nitrogens with one attached hydrogen (secondary N) is 3. The maximum absolute atomic E-state index is 13.9. The number of hydrogen-bond donors (Lipinski definition) is 9. The molecule has 6 atom stereocenters. The van der Waals surface area contributed by atoms with E-state index in [0.717, 1.165) is 0 Å². The Labute approximate surface area is 303 Å². The number of benzene rings is 2. The van der Waals surface area contributed by atoms with E-state index < -0.39 is 108 Å². The van der Waals surface area contributed by atoms with Gasteiger partial charge in [-0.1, -0.05) is 12.1 Å². The van der Waals surface area contributed by atoms with Crippen molar-refractivity contribution in [3.63, 3.8) is 0 Å². The van der Waals surface area contributed by atoms with Crippen LogP contribution in [-0.4, -0.2) is 104 Å². The van der Waals surface area contributed by atoms with Crippen LogP contribution in [-0.2, 0) is 30.3 Å². The molecule has 286 valence electrons. The van der Waals surface area contributed by atoms with Crippen LogP contribution in [0.3, 0.4) is 0 Å². The van der Waals surface area contributed by atoms with Gasteiger partial charge in [0, 0.05) is 61.8 Å². The Hall–Kier alpha value is -4.98. The van der Waals surface area contributed by atoms with Crippen molar-refractivity contribution in [1.82, 2.24) is 16.3 Å². The number of aliphatic hydroxyl groups is 3. The Morgan fingerprint density at radius 3 is 2.36 bits per heavy atom. The number of hydrogen-bond acceptors (Lipinski definition) is 15. The zero-order chi connectivity index (χ0) is 38.8. The first-order valence-electron chi connectivity index (χ1n) is 17.0. The zero-order valence-corrected chi connectivity index (χ0v) is 29.3. The molecule has 0 aromatic heterocycles. The van der Waals surface area contributed by atoms with Crippen molar-refractivity contribution in [3.05, 3.63) is 51.6 Å². The number of unbranched alkanes of at least 4 members (excludes halogenated alkanes) is 1. The molecule has 10 N–H and O–H groups in total. The Kier molecular flexibility index (Phi) is 11.8. The van der Waals surface area contributed by atoms with E-state index in [9.17, 15) is 49.5 Å². The van der Waals surface area contributed by atoms with Crippen molar-refractivity contribution in [2.45, 2.75) is 95.0 Å². The van der Waals surface area contributed by atoms with E-state index in [1.807, 2.05) is 0 Å². The zero-order valence-electron chi connectivity index (χ0n) is 29.3. The van der Waals surface area contributed by atoms with E-state index in [-0.39, 0.29) is 59.4 Å². The van der Waals surface area contributed by atoms with Gasteiger partial charge < -0.3 is 45.5 Å². The lowest BCUT2D eigenvalue weighted by Crippen LogP contribution is -2.53. The standard InChI is InChI=1S/C35H43N5O13/c1-15-30(45)19(36)11-25(52-15)53-21-13-35(50,22(14-41)38-40-24(44)10-5-4-9-23(43)39-37-16(2)42)12-18-27(21)34(49)29-28(32(18)47)31(46)17-7-6-8-20(51-3)26(17)33(29)48/h6-8,15,19,21,25,30,41,45,47,49-50H,4-5,9-14,36H2,1-3H3,(H,37,42)(H,39,43)(H,40,44)/b38-22+/t15?,19?,21-,25?,30?,35-/m0/s1. The number of carbonyl (C=O) groups excluding carboxylic acids is 5. The highest BCUT2D eigenvalue weighted by Gasteiger charge is 2.49. The van der Waals surface area contributed by atoms with E-state index in [4.69, 9.17) is 19.9 Å². The number of methoxy groups -OCH3 is 1. The maximum Gasteiger partial charge on any atom is 0.240 e. The minimum Gasteiger partial charge on any atom is -0.507 e. The number of nitrogens with two attached hydrogens (primary N) is 1.